The molecule has 3 nitrogen and oxygen atoms in total. The number of halogens is 2. The average molecular weight is 235 g/mol. The molecular formula is C12H11F2N3. The van der Waals surface area contributed by atoms with Crippen LogP contribution in [0.1, 0.15) is 0 Å². The van der Waals surface area contributed by atoms with Gasteiger partial charge in [0.1, 0.15) is 0 Å². The summed E-state index contributed by atoms with van der Waals surface area (Å²) in [7, 11) is 0. The van der Waals surface area contributed by atoms with E-state index in [2.05, 4.69) is 5.32 Å². The molecule has 0 amide bonds. The van der Waals surface area contributed by atoms with Crippen molar-refractivity contribution < 1.29 is 8.78 Å². The largest absolute Gasteiger partial charge is 0.397 e. The van der Waals surface area contributed by atoms with Crippen LogP contribution >= 0.6 is 0 Å². The smallest absolute Gasteiger partial charge is 0.160 e. The van der Waals surface area contributed by atoms with E-state index >= 15 is 0 Å². The minimum Gasteiger partial charge on any atom is -0.397 e. The van der Waals surface area contributed by atoms with Crippen LogP contribution < -0.4 is 16.8 Å². The second-order valence-corrected chi connectivity index (χ2v) is 3.60. The second kappa shape index (κ2) is 4.29. The lowest BCUT2D eigenvalue weighted by Crippen LogP contribution is -1.97. The Kier molecular flexibility index (Phi) is 2.82. The molecule has 0 spiro atoms. The van der Waals surface area contributed by atoms with Crippen LogP contribution in [0.5, 0.6) is 0 Å². The Labute approximate surface area is 97.0 Å². The van der Waals surface area contributed by atoms with E-state index in [0.29, 0.717) is 22.7 Å². The number of anilines is 4. The van der Waals surface area contributed by atoms with E-state index in [4.69, 9.17) is 11.5 Å². The molecule has 17 heavy (non-hydrogen) atoms. The molecule has 0 heterocycles. The quantitative estimate of drug-likeness (QED) is 0.701. The minimum atomic E-state index is -0.904. The van der Waals surface area contributed by atoms with Crippen molar-refractivity contribution in [3.05, 3.63) is 48.0 Å². The van der Waals surface area contributed by atoms with Crippen LogP contribution in [0, 0.1) is 11.6 Å². The van der Waals surface area contributed by atoms with Gasteiger partial charge in [-0.15, -0.1) is 0 Å². The summed E-state index contributed by atoms with van der Waals surface area (Å²) in [6.45, 7) is 0. The summed E-state index contributed by atoms with van der Waals surface area (Å²) < 4.78 is 25.7. The Bertz CT molecular complexity index is 506. The third kappa shape index (κ3) is 2.44. The lowest BCUT2D eigenvalue weighted by Gasteiger charge is -2.08. The van der Waals surface area contributed by atoms with Gasteiger partial charge in [0.05, 0.1) is 11.4 Å². The maximum atomic E-state index is 13.0. The highest BCUT2D eigenvalue weighted by Gasteiger charge is 2.03. The SMILES string of the molecule is Nc1ccc(Nc2ccc(F)c(F)c2)cc1N. The maximum Gasteiger partial charge on any atom is 0.160 e. The molecule has 0 aliphatic rings. The van der Waals surface area contributed by atoms with Gasteiger partial charge >= 0.3 is 0 Å². The van der Waals surface area contributed by atoms with Crippen molar-refractivity contribution >= 4 is 22.7 Å². The van der Waals surface area contributed by atoms with Gasteiger partial charge in [0.2, 0.25) is 0 Å². The Morgan fingerprint density at radius 2 is 1.41 bits per heavy atom. The number of hydrogen-bond acceptors (Lipinski definition) is 3. The van der Waals surface area contributed by atoms with Crippen LogP contribution in [-0.4, -0.2) is 0 Å². The van der Waals surface area contributed by atoms with Crippen molar-refractivity contribution in [1.82, 2.24) is 0 Å². The van der Waals surface area contributed by atoms with E-state index in [-0.39, 0.29) is 0 Å². The molecule has 0 aliphatic carbocycles. The van der Waals surface area contributed by atoms with Crippen LogP contribution in [0.25, 0.3) is 0 Å². The Morgan fingerprint density at radius 3 is 2.06 bits per heavy atom. The van der Waals surface area contributed by atoms with E-state index in [1.54, 1.807) is 18.2 Å². The van der Waals surface area contributed by atoms with Gasteiger partial charge in [0.25, 0.3) is 0 Å². The number of hydrogen-bond donors (Lipinski definition) is 3. The van der Waals surface area contributed by atoms with Crippen molar-refractivity contribution in [3.63, 3.8) is 0 Å². The molecule has 0 aliphatic heterocycles. The molecule has 5 N–H and O–H groups in total. The van der Waals surface area contributed by atoms with Gasteiger partial charge in [-0.05, 0) is 30.3 Å². The van der Waals surface area contributed by atoms with Crippen LogP contribution in [0.3, 0.4) is 0 Å². The van der Waals surface area contributed by atoms with Crippen molar-refractivity contribution in [2.45, 2.75) is 0 Å². The number of benzene rings is 2. The van der Waals surface area contributed by atoms with Crippen LogP contribution in [0.15, 0.2) is 36.4 Å². The second-order valence-electron chi connectivity index (χ2n) is 3.60. The fourth-order valence-electron chi connectivity index (χ4n) is 1.39. The molecule has 0 bridgehead atoms. The highest BCUT2D eigenvalue weighted by molar-refractivity contribution is 5.72. The molecular weight excluding hydrogens is 224 g/mol. The molecule has 0 radical (unpaired) electrons. The molecule has 0 fully saturated rings. The topological polar surface area (TPSA) is 64.1 Å². The van der Waals surface area contributed by atoms with Gasteiger partial charge in [-0.2, -0.15) is 0 Å². The zero-order valence-electron chi connectivity index (χ0n) is 8.87. The van der Waals surface area contributed by atoms with Crippen LogP contribution in [-0.2, 0) is 0 Å². The average Bonchev–Trinajstić information content (AvgIpc) is 2.29. The highest BCUT2D eigenvalue weighted by Crippen LogP contribution is 2.23. The van der Waals surface area contributed by atoms with E-state index in [0.717, 1.165) is 12.1 Å². The van der Waals surface area contributed by atoms with Crippen LogP contribution in [0.2, 0.25) is 0 Å². The molecule has 0 aromatic heterocycles. The van der Waals surface area contributed by atoms with Crippen molar-refractivity contribution in [2.24, 2.45) is 0 Å². The predicted molar refractivity (Wildman–Crippen MR) is 64.9 cm³/mol. The van der Waals surface area contributed by atoms with Gasteiger partial charge in [-0.25, -0.2) is 8.78 Å². The first-order chi connectivity index (χ1) is 8.06. The zero-order chi connectivity index (χ0) is 12.4. The maximum absolute atomic E-state index is 13.0. The normalized spacial score (nSPS) is 10.2. The van der Waals surface area contributed by atoms with E-state index in [9.17, 15) is 8.78 Å². The molecule has 0 unspecified atom stereocenters. The third-order valence-corrected chi connectivity index (χ3v) is 2.30. The summed E-state index contributed by atoms with van der Waals surface area (Å²) >= 11 is 0. The lowest BCUT2D eigenvalue weighted by atomic mass is 10.2. The van der Waals surface area contributed by atoms with Crippen molar-refractivity contribution in [3.8, 4) is 0 Å². The molecule has 88 valence electrons. The van der Waals surface area contributed by atoms with Gasteiger partial charge in [-0.3, -0.25) is 0 Å². The van der Waals surface area contributed by atoms with Gasteiger partial charge in [-0.1, -0.05) is 0 Å². The molecule has 0 saturated carbocycles. The standard InChI is InChI=1S/C12H11F2N3/c13-9-3-1-7(5-10(9)14)17-8-2-4-11(15)12(16)6-8/h1-6,17H,15-16H2. The third-order valence-electron chi connectivity index (χ3n) is 2.30. The summed E-state index contributed by atoms with van der Waals surface area (Å²) in [6.07, 6.45) is 0. The van der Waals surface area contributed by atoms with E-state index < -0.39 is 11.6 Å². The Hall–Kier alpha value is -2.30. The van der Waals surface area contributed by atoms with Gasteiger partial charge in [0, 0.05) is 17.4 Å². The summed E-state index contributed by atoms with van der Waals surface area (Å²) in [5.74, 6) is -1.79. The van der Waals surface area contributed by atoms with Crippen molar-refractivity contribution in [2.75, 3.05) is 16.8 Å². The monoisotopic (exact) mass is 235 g/mol. The highest BCUT2D eigenvalue weighted by atomic mass is 19.2. The number of nitrogen functional groups attached to an aromatic ring is 2. The molecule has 0 atom stereocenters. The molecule has 0 saturated heterocycles. The Morgan fingerprint density at radius 1 is 0.765 bits per heavy atom. The minimum absolute atomic E-state index is 0.428. The number of nitrogens with one attached hydrogen (secondary N) is 1. The Balaban J connectivity index is 2.25. The van der Waals surface area contributed by atoms with Gasteiger partial charge < -0.3 is 16.8 Å². The van der Waals surface area contributed by atoms with Crippen molar-refractivity contribution in [1.29, 1.82) is 0 Å². The molecule has 5 heteroatoms. The lowest BCUT2D eigenvalue weighted by molar-refractivity contribution is 0.509. The van der Waals surface area contributed by atoms with Crippen LogP contribution in [0.4, 0.5) is 31.5 Å². The predicted octanol–water partition coefficient (Wildman–Crippen LogP) is 2.87. The fraction of sp³-hybridized carbons (Fsp3) is 0. The fourth-order valence-corrected chi connectivity index (χ4v) is 1.39. The first-order valence-electron chi connectivity index (χ1n) is 4.93. The zero-order valence-corrected chi connectivity index (χ0v) is 8.87. The number of rotatable bonds is 2. The van der Waals surface area contributed by atoms with E-state index in [1.807, 2.05) is 0 Å². The van der Waals surface area contributed by atoms with Gasteiger partial charge in [0.15, 0.2) is 11.6 Å². The summed E-state index contributed by atoms with van der Waals surface area (Å²) in [4.78, 5) is 0. The summed E-state index contributed by atoms with van der Waals surface area (Å²) in [5, 5.41) is 2.90. The van der Waals surface area contributed by atoms with E-state index in [1.165, 1.54) is 6.07 Å². The number of nitrogens with two attached hydrogens (primary N) is 2. The first kappa shape index (κ1) is 11.2. The summed E-state index contributed by atoms with van der Waals surface area (Å²) in [5.41, 5.74) is 13.2. The molecule has 2 aromatic rings. The molecule has 2 rings (SSSR count). The first-order valence-corrected chi connectivity index (χ1v) is 4.93. The molecule has 2 aromatic carbocycles. The summed E-state index contributed by atoms with van der Waals surface area (Å²) in [6, 6.07) is 8.52.